The van der Waals surface area contributed by atoms with Crippen LogP contribution in [0.2, 0.25) is 0 Å². The molecule has 1 amide bonds. The van der Waals surface area contributed by atoms with Gasteiger partial charge in [-0.2, -0.15) is 0 Å². The summed E-state index contributed by atoms with van der Waals surface area (Å²) >= 11 is 0. The van der Waals surface area contributed by atoms with Crippen molar-refractivity contribution in [2.24, 2.45) is 11.8 Å². The second-order valence-electron chi connectivity index (χ2n) is 7.70. The lowest BCUT2D eigenvalue weighted by molar-refractivity contribution is 0.0228. The third-order valence-corrected chi connectivity index (χ3v) is 8.43. The number of hydrogen-bond acceptors (Lipinski definition) is 5. The Morgan fingerprint density at radius 2 is 2.04 bits per heavy atom. The Morgan fingerprint density at radius 3 is 2.68 bits per heavy atom. The van der Waals surface area contributed by atoms with Crippen LogP contribution in [0.1, 0.15) is 35.3 Å². The third kappa shape index (κ3) is 2.97. The number of carbonyl (C=O) groups excluding carboxylic acids is 1. The van der Waals surface area contributed by atoms with E-state index in [0.717, 1.165) is 12.3 Å². The molecule has 7 heteroatoms. The highest BCUT2D eigenvalue weighted by molar-refractivity contribution is 7.93. The summed E-state index contributed by atoms with van der Waals surface area (Å²) < 4.78 is 30.2. The summed E-state index contributed by atoms with van der Waals surface area (Å²) in [5.74, 6) is 0.732. The van der Waals surface area contributed by atoms with Crippen molar-refractivity contribution in [1.82, 2.24) is 9.88 Å². The lowest BCUT2D eigenvalue weighted by Crippen LogP contribution is -2.68. The van der Waals surface area contributed by atoms with E-state index in [9.17, 15) is 13.2 Å². The highest BCUT2D eigenvalue weighted by Gasteiger charge is 2.62. The van der Waals surface area contributed by atoms with Crippen molar-refractivity contribution in [3.63, 3.8) is 0 Å². The minimum Gasteiger partial charge on any atom is -0.381 e. The molecule has 2 aliphatic heterocycles. The average molecular weight is 364 g/mol. The fourth-order valence-electron chi connectivity index (χ4n) is 3.89. The van der Waals surface area contributed by atoms with Gasteiger partial charge in [0.15, 0.2) is 9.84 Å². The smallest absolute Gasteiger partial charge is 0.255 e. The zero-order valence-electron chi connectivity index (χ0n) is 14.5. The molecule has 0 radical (unpaired) electrons. The maximum absolute atomic E-state index is 12.6. The molecule has 1 aliphatic carbocycles. The van der Waals surface area contributed by atoms with Gasteiger partial charge >= 0.3 is 0 Å². The number of amides is 1. The van der Waals surface area contributed by atoms with Gasteiger partial charge < -0.3 is 9.64 Å². The number of aryl methyl sites for hydroxylation is 1. The van der Waals surface area contributed by atoms with Crippen molar-refractivity contribution in [3.8, 4) is 0 Å². The molecule has 3 aliphatic rings. The van der Waals surface area contributed by atoms with Crippen LogP contribution in [0.25, 0.3) is 0 Å². The molecule has 1 aromatic rings. The van der Waals surface area contributed by atoms with Crippen LogP contribution >= 0.6 is 0 Å². The summed E-state index contributed by atoms with van der Waals surface area (Å²) in [7, 11) is -3.18. The molecule has 1 atom stereocenters. The Hall–Kier alpha value is -1.47. The van der Waals surface area contributed by atoms with Gasteiger partial charge in [0.2, 0.25) is 0 Å². The summed E-state index contributed by atoms with van der Waals surface area (Å²) in [6, 6.07) is 3.54. The van der Waals surface area contributed by atoms with E-state index < -0.39 is 14.6 Å². The monoisotopic (exact) mass is 364 g/mol. The van der Waals surface area contributed by atoms with Crippen molar-refractivity contribution >= 4 is 15.7 Å². The zero-order valence-corrected chi connectivity index (χ0v) is 15.3. The molecule has 1 spiro atoms. The number of ether oxygens (including phenoxy) is 1. The normalized spacial score (nSPS) is 26.6. The average Bonchev–Trinajstić information content (AvgIpc) is 3.31. The Labute approximate surface area is 148 Å². The predicted octanol–water partition coefficient (Wildman–Crippen LogP) is 1.45. The van der Waals surface area contributed by atoms with E-state index >= 15 is 0 Å². The Morgan fingerprint density at radius 1 is 1.28 bits per heavy atom. The molecule has 1 aromatic heterocycles. The molecule has 2 saturated heterocycles. The minimum atomic E-state index is -3.18. The van der Waals surface area contributed by atoms with Gasteiger partial charge in [-0.1, -0.05) is 0 Å². The minimum absolute atomic E-state index is 0.00329. The van der Waals surface area contributed by atoms with E-state index in [4.69, 9.17) is 4.74 Å². The maximum Gasteiger partial charge on any atom is 0.255 e. The molecular weight excluding hydrogens is 340 g/mol. The SMILES string of the molecule is Cc1ccc(C(=O)N2CC3(C2)[C@@H](COCC2CC2)CCS3(=O)=O)cn1. The van der Waals surface area contributed by atoms with Gasteiger partial charge in [-0.3, -0.25) is 9.78 Å². The van der Waals surface area contributed by atoms with Crippen LogP contribution in [-0.2, 0) is 14.6 Å². The van der Waals surface area contributed by atoms with Crippen molar-refractivity contribution in [1.29, 1.82) is 0 Å². The molecule has 136 valence electrons. The summed E-state index contributed by atoms with van der Waals surface area (Å²) in [4.78, 5) is 18.3. The lowest BCUT2D eigenvalue weighted by Gasteiger charge is -2.49. The van der Waals surface area contributed by atoms with Gasteiger partial charge in [0, 0.05) is 37.5 Å². The molecule has 0 N–H and O–H groups in total. The Bertz CT molecular complexity index is 765. The number of likely N-dealkylation sites (tertiary alicyclic amines) is 1. The predicted molar refractivity (Wildman–Crippen MR) is 93.0 cm³/mol. The number of sulfone groups is 1. The number of pyridine rings is 1. The van der Waals surface area contributed by atoms with Crippen LogP contribution in [0.3, 0.4) is 0 Å². The lowest BCUT2D eigenvalue weighted by atomic mass is 9.83. The molecule has 1 saturated carbocycles. The molecule has 6 nitrogen and oxygen atoms in total. The van der Waals surface area contributed by atoms with Crippen LogP contribution in [0.4, 0.5) is 0 Å². The second-order valence-corrected chi connectivity index (χ2v) is 10.2. The van der Waals surface area contributed by atoms with Gasteiger partial charge in [0.05, 0.1) is 17.9 Å². The molecule has 3 fully saturated rings. The molecule has 3 heterocycles. The van der Waals surface area contributed by atoms with Crippen molar-refractivity contribution < 1.29 is 17.9 Å². The fraction of sp³-hybridized carbons (Fsp3) is 0.667. The largest absolute Gasteiger partial charge is 0.381 e. The van der Waals surface area contributed by atoms with Gasteiger partial charge in [-0.15, -0.1) is 0 Å². The van der Waals surface area contributed by atoms with E-state index in [0.29, 0.717) is 24.5 Å². The standard InChI is InChI=1S/C18H24N2O4S/c1-13-2-5-15(8-19-13)17(21)20-11-18(12-20)16(6-7-25(18,22)23)10-24-9-14-3-4-14/h2,5,8,14,16H,3-4,6-7,9-12H2,1H3/t16-/m1/s1. The molecular formula is C18H24N2O4S. The van der Waals surface area contributed by atoms with Crippen LogP contribution < -0.4 is 0 Å². The quantitative estimate of drug-likeness (QED) is 0.790. The number of aromatic nitrogens is 1. The van der Waals surface area contributed by atoms with Crippen LogP contribution in [0.15, 0.2) is 18.3 Å². The van der Waals surface area contributed by atoms with E-state index in [1.54, 1.807) is 23.2 Å². The first-order chi connectivity index (χ1) is 11.9. The number of rotatable bonds is 5. The Kier molecular flexibility index (Phi) is 4.11. The second kappa shape index (κ2) is 6.06. The van der Waals surface area contributed by atoms with E-state index in [1.807, 2.05) is 6.92 Å². The molecule has 25 heavy (non-hydrogen) atoms. The van der Waals surface area contributed by atoms with E-state index in [1.165, 1.54) is 12.8 Å². The van der Waals surface area contributed by atoms with Gasteiger partial charge in [0.25, 0.3) is 5.91 Å². The van der Waals surface area contributed by atoms with Crippen molar-refractivity contribution in [2.75, 3.05) is 32.1 Å². The van der Waals surface area contributed by atoms with Crippen LogP contribution in [0, 0.1) is 18.8 Å². The van der Waals surface area contributed by atoms with E-state index in [-0.39, 0.29) is 30.7 Å². The summed E-state index contributed by atoms with van der Waals surface area (Å²) in [5, 5.41) is 0. The number of hydrogen-bond donors (Lipinski definition) is 0. The van der Waals surface area contributed by atoms with Gasteiger partial charge in [-0.25, -0.2) is 8.42 Å². The molecule has 0 bridgehead atoms. The van der Waals surface area contributed by atoms with Gasteiger partial charge in [-0.05, 0) is 44.2 Å². The summed E-state index contributed by atoms with van der Waals surface area (Å²) in [5.41, 5.74) is 1.36. The first-order valence-corrected chi connectivity index (χ1v) is 10.6. The van der Waals surface area contributed by atoms with Crippen molar-refractivity contribution in [2.45, 2.75) is 30.9 Å². The maximum atomic E-state index is 12.6. The van der Waals surface area contributed by atoms with Crippen LogP contribution in [0.5, 0.6) is 0 Å². The van der Waals surface area contributed by atoms with E-state index in [2.05, 4.69) is 4.98 Å². The van der Waals surface area contributed by atoms with Crippen LogP contribution in [-0.4, -0.2) is 61.0 Å². The third-order valence-electron chi connectivity index (χ3n) is 5.83. The number of carbonyl (C=O) groups is 1. The zero-order chi connectivity index (χ0) is 17.7. The summed E-state index contributed by atoms with van der Waals surface area (Å²) in [6.07, 6.45) is 4.64. The van der Waals surface area contributed by atoms with Gasteiger partial charge in [0.1, 0.15) is 4.75 Å². The molecule has 0 aromatic carbocycles. The summed E-state index contributed by atoms with van der Waals surface area (Å²) in [6.45, 7) is 3.65. The highest BCUT2D eigenvalue weighted by atomic mass is 32.2. The van der Waals surface area contributed by atoms with Crippen molar-refractivity contribution in [3.05, 3.63) is 29.6 Å². The Balaban J connectivity index is 1.43. The molecule has 0 unspecified atom stereocenters. The number of nitrogens with zero attached hydrogens (tertiary/aromatic N) is 2. The first kappa shape index (κ1) is 17.0. The highest BCUT2D eigenvalue weighted by Crippen LogP contribution is 2.45. The first-order valence-electron chi connectivity index (χ1n) is 8.93. The fourth-order valence-corrected chi connectivity index (χ4v) is 6.29. The topological polar surface area (TPSA) is 76.6 Å². The molecule has 4 rings (SSSR count).